The van der Waals surface area contributed by atoms with E-state index in [0.29, 0.717) is 28.7 Å². The van der Waals surface area contributed by atoms with Crippen LogP contribution >= 0.6 is 0 Å². The molecular weight excluding hydrogens is 470 g/mol. The Labute approximate surface area is 205 Å². The van der Waals surface area contributed by atoms with E-state index in [1.807, 2.05) is 0 Å². The minimum absolute atomic E-state index is 0.0269. The summed E-state index contributed by atoms with van der Waals surface area (Å²) in [6.45, 7) is 1.67. The fourth-order valence-electron chi connectivity index (χ4n) is 5.52. The molecule has 3 saturated carbocycles. The summed E-state index contributed by atoms with van der Waals surface area (Å²) in [5, 5.41) is 11.6. The van der Waals surface area contributed by atoms with Crippen LogP contribution < -0.4 is 15.8 Å². The van der Waals surface area contributed by atoms with Crippen molar-refractivity contribution in [3.05, 3.63) is 59.0 Å². The first-order chi connectivity index (χ1) is 17.2. The average Bonchev–Trinajstić information content (AvgIpc) is 3.43. The number of hydrogen-bond donors (Lipinski definition) is 2. The van der Waals surface area contributed by atoms with E-state index in [1.165, 1.54) is 16.9 Å². The van der Waals surface area contributed by atoms with E-state index in [1.54, 1.807) is 17.8 Å². The molecule has 1 spiro atoms. The van der Waals surface area contributed by atoms with Gasteiger partial charge in [0.05, 0.1) is 23.5 Å². The molecule has 0 bridgehead atoms. The zero-order valence-corrected chi connectivity index (χ0v) is 19.7. The molecule has 2 aromatic heterocycles. The molecule has 188 valence electrons. The second-order valence-corrected chi connectivity index (χ2v) is 10.3. The van der Waals surface area contributed by atoms with Crippen LogP contribution in [-0.2, 0) is 0 Å². The number of nitrogens with one attached hydrogen (secondary N) is 1. The van der Waals surface area contributed by atoms with Gasteiger partial charge in [-0.25, -0.2) is 13.5 Å². The van der Waals surface area contributed by atoms with E-state index in [-0.39, 0.29) is 29.2 Å². The predicted molar refractivity (Wildman–Crippen MR) is 124 cm³/mol. The fourth-order valence-corrected chi connectivity index (χ4v) is 5.52. The minimum Gasteiger partial charge on any atom is -0.473 e. The maximum atomic E-state index is 14.2. The Morgan fingerprint density at radius 2 is 1.92 bits per heavy atom. The summed E-state index contributed by atoms with van der Waals surface area (Å²) >= 11 is 0. The summed E-state index contributed by atoms with van der Waals surface area (Å²) in [6.07, 6.45) is 8.44. The Balaban J connectivity index is 1.03. The molecule has 0 aliphatic heterocycles. The van der Waals surface area contributed by atoms with Crippen molar-refractivity contribution in [3.63, 3.8) is 0 Å². The monoisotopic (exact) mass is 496 g/mol. The van der Waals surface area contributed by atoms with Crippen LogP contribution in [-0.4, -0.2) is 43.5 Å². The fraction of sp³-hybridized carbons (Fsp3) is 0.440. The second-order valence-electron chi connectivity index (χ2n) is 10.3. The third-order valence-corrected chi connectivity index (χ3v) is 7.57. The number of nitrogens with two attached hydrogens (primary N) is 1. The van der Waals surface area contributed by atoms with E-state index in [9.17, 15) is 18.4 Å². The number of benzene rings is 1. The lowest BCUT2D eigenvalue weighted by Crippen LogP contribution is -2.58. The topological polar surface area (TPSA) is 117 Å². The van der Waals surface area contributed by atoms with Gasteiger partial charge in [0.15, 0.2) is 5.82 Å². The van der Waals surface area contributed by atoms with Gasteiger partial charge in [-0.2, -0.15) is 5.10 Å². The van der Waals surface area contributed by atoms with E-state index < -0.39 is 17.5 Å². The van der Waals surface area contributed by atoms with Gasteiger partial charge in [-0.1, -0.05) is 0 Å². The van der Waals surface area contributed by atoms with Crippen LogP contribution in [0.4, 0.5) is 8.78 Å². The SMILES string of the molecule is Cc1c(C(=O)NC2CC3(C2)CC(Oc2nn(C4CC4)cc2C(N)=O)C3)cnn1-c1ccc(F)cc1F. The maximum absolute atomic E-state index is 14.2. The first kappa shape index (κ1) is 22.7. The van der Waals surface area contributed by atoms with Crippen molar-refractivity contribution in [2.45, 2.75) is 63.6 Å². The van der Waals surface area contributed by atoms with Gasteiger partial charge >= 0.3 is 0 Å². The molecule has 9 nitrogen and oxygen atoms in total. The van der Waals surface area contributed by atoms with Crippen molar-refractivity contribution in [1.29, 1.82) is 0 Å². The molecule has 2 heterocycles. The number of halogens is 2. The molecule has 3 fully saturated rings. The highest BCUT2D eigenvalue weighted by Gasteiger charge is 2.54. The molecule has 6 rings (SSSR count). The van der Waals surface area contributed by atoms with Crippen molar-refractivity contribution in [2.75, 3.05) is 0 Å². The first-order valence-corrected chi connectivity index (χ1v) is 12.1. The predicted octanol–water partition coefficient (Wildman–Crippen LogP) is 3.21. The van der Waals surface area contributed by atoms with Crippen LogP contribution in [0.15, 0.2) is 30.6 Å². The summed E-state index contributed by atoms with van der Waals surface area (Å²) in [5.41, 5.74) is 6.83. The molecule has 0 atom stereocenters. The highest BCUT2D eigenvalue weighted by Crippen LogP contribution is 2.57. The molecule has 3 N–H and O–H groups in total. The lowest BCUT2D eigenvalue weighted by molar-refractivity contribution is -0.0849. The van der Waals surface area contributed by atoms with Crippen LogP contribution in [0.5, 0.6) is 5.88 Å². The molecule has 11 heteroatoms. The van der Waals surface area contributed by atoms with Crippen LogP contribution in [0.25, 0.3) is 5.69 Å². The van der Waals surface area contributed by atoms with Gasteiger partial charge in [0.2, 0.25) is 5.88 Å². The third kappa shape index (κ3) is 3.92. The smallest absolute Gasteiger partial charge is 0.255 e. The second kappa shape index (κ2) is 8.14. The van der Waals surface area contributed by atoms with Crippen LogP contribution in [0, 0.1) is 24.0 Å². The van der Waals surface area contributed by atoms with Gasteiger partial charge in [-0.15, -0.1) is 5.10 Å². The largest absolute Gasteiger partial charge is 0.473 e. The quantitative estimate of drug-likeness (QED) is 0.521. The van der Waals surface area contributed by atoms with Crippen molar-refractivity contribution in [2.24, 2.45) is 11.1 Å². The highest BCUT2D eigenvalue weighted by atomic mass is 19.1. The maximum Gasteiger partial charge on any atom is 0.255 e. The molecule has 3 aromatic rings. The Kier molecular flexibility index (Phi) is 5.13. The Hall–Kier alpha value is -3.76. The number of aromatic nitrogens is 4. The van der Waals surface area contributed by atoms with Crippen molar-refractivity contribution in [1.82, 2.24) is 24.9 Å². The van der Waals surface area contributed by atoms with Gasteiger partial charge in [0.1, 0.15) is 23.2 Å². The molecular formula is C25H26F2N6O3. The Morgan fingerprint density at radius 1 is 1.17 bits per heavy atom. The van der Waals surface area contributed by atoms with E-state index in [2.05, 4.69) is 15.5 Å². The van der Waals surface area contributed by atoms with E-state index >= 15 is 0 Å². The zero-order chi connectivity index (χ0) is 25.2. The number of hydrogen-bond acceptors (Lipinski definition) is 5. The van der Waals surface area contributed by atoms with Crippen LogP contribution in [0.1, 0.15) is 71.0 Å². The summed E-state index contributed by atoms with van der Waals surface area (Å²) in [4.78, 5) is 24.6. The van der Waals surface area contributed by atoms with Crippen molar-refractivity contribution < 1.29 is 23.1 Å². The molecule has 0 radical (unpaired) electrons. The number of ether oxygens (including phenoxy) is 1. The average molecular weight is 497 g/mol. The summed E-state index contributed by atoms with van der Waals surface area (Å²) in [7, 11) is 0. The number of nitrogens with zero attached hydrogens (tertiary/aromatic N) is 4. The number of carbonyl (C=O) groups is 2. The number of rotatable bonds is 7. The van der Waals surface area contributed by atoms with Gasteiger partial charge in [-0.05, 0) is 63.0 Å². The minimum atomic E-state index is -0.752. The molecule has 3 aliphatic carbocycles. The third-order valence-electron chi connectivity index (χ3n) is 7.57. The molecule has 36 heavy (non-hydrogen) atoms. The van der Waals surface area contributed by atoms with Gasteiger partial charge in [0, 0.05) is 18.3 Å². The Bertz CT molecular complexity index is 1360. The van der Waals surface area contributed by atoms with Crippen LogP contribution in [0.2, 0.25) is 0 Å². The van der Waals surface area contributed by atoms with Crippen LogP contribution in [0.3, 0.4) is 0 Å². The highest BCUT2D eigenvalue weighted by molar-refractivity contribution is 5.95. The molecule has 1 aromatic carbocycles. The van der Waals surface area contributed by atoms with Gasteiger partial charge in [-0.3, -0.25) is 14.3 Å². The summed E-state index contributed by atoms with van der Waals surface area (Å²) < 4.78 is 36.5. The summed E-state index contributed by atoms with van der Waals surface area (Å²) in [6, 6.07) is 3.58. The van der Waals surface area contributed by atoms with E-state index in [4.69, 9.17) is 10.5 Å². The van der Waals surface area contributed by atoms with Gasteiger partial charge < -0.3 is 15.8 Å². The normalized spacial score (nSPS) is 24.8. The first-order valence-electron chi connectivity index (χ1n) is 12.1. The number of carbonyl (C=O) groups excluding carboxylic acids is 2. The molecule has 2 amide bonds. The van der Waals surface area contributed by atoms with E-state index in [0.717, 1.165) is 50.7 Å². The van der Waals surface area contributed by atoms with Crippen molar-refractivity contribution >= 4 is 11.8 Å². The lowest BCUT2D eigenvalue weighted by atomic mass is 9.53. The Morgan fingerprint density at radius 3 is 2.58 bits per heavy atom. The molecule has 0 saturated heterocycles. The molecule has 3 aliphatic rings. The number of amides is 2. The standard InChI is InChI=1S/C25H26F2N6O3/c1-13-18(11-29-33(13)21-5-2-14(26)6-20(21)27)23(35)30-15-7-25(8-15)9-17(10-25)36-24-19(22(28)34)12-32(31-24)16-3-4-16/h2,5-6,11-12,15-17H,3-4,7-10H2,1H3,(H2,28,34)(H,30,35). The van der Waals surface area contributed by atoms with Gasteiger partial charge in [0.25, 0.3) is 11.8 Å². The lowest BCUT2D eigenvalue weighted by Gasteiger charge is -2.57. The molecule has 0 unspecified atom stereocenters. The summed E-state index contributed by atoms with van der Waals surface area (Å²) in [5.74, 6) is -1.94. The van der Waals surface area contributed by atoms with Crippen molar-refractivity contribution in [3.8, 4) is 11.6 Å². The zero-order valence-electron chi connectivity index (χ0n) is 19.7. The number of primary amides is 1.